The maximum absolute atomic E-state index is 12.1. The van der Waals surface area contributed by atoms with Gasteiger partial charge in [-0.1, -0.05) is 6.08 Å². The van der Waals surface area contributed by atoms with Crippen LogP contribution in [0.3, 0.4) is 0 Å². The molecule has 0 radical (unpaired) electrons. The summed E-state index contributed by atoms with van der Waals surface area (Å²) in [6, 6.07) is 0.214. The van der Waals surface area contributed by atoms with Crippen molar-refractivity contribution in [3.8, 4) is 0 Å². The lowest BCUT2D eigenvalue weighted by Gasteiger charge is -2.40. The lowest BCUT2D eigenvalue weighted by molar-refractivity contribution is -0.123. The number of hydrogen-bond donors (Lipinski definition) is 0. The van der Waals surface area contributed by atoms with Crippen LogP contribution < -0.4 is 0 Å². The van der Waals surface area contributed by atoms with E-state index in [1.165, 1.54) is 0 Å². The second-order valence-electron chi connectivity index (χ2n) is 4.99. The third-order valence-electron chi connectivity index (χ3n) is 3.98. The molecular weight excluding hydrogens is 232 g/mol. The van der Waals surface area contributed by atoms with Gasteiger partial charge in [0.1, 0.15) is 0 Å². The highest BCUT2D eigenvalue weighted by Crippen LogP contribution is 2.22. The van der Waals surface area contributed by atoms with Gasteiger partial charge in [0.15, 0.2) is 5.78 Å². The van der Waals surface area contributed by atoms with Crippen LogP contribution in [0.4, 0.5) is 0 Å². The van der Waals surface area contributed by atoms with Crippen molar-refractivity contribution >= 4 is 5.78 Å². The van der Waals surface area contributed by atoms with E-state index in [2.05, 4.69) is 15.9 Å². The number of morpholine rings is 2. The number of hydrogen-bond acceptors (Lipinski definition) is 5. The van der Waals surface area contributed by atoms with Gasteiger partial charge in [-0.05, 0) is 6.08 Å². The Bertz CT molecular complexity index is 333. The Morgan fingerprint density at radius 1 is 0.944 bits per heavy atom. The third kappa shape index (κ3) is 2.36. The Morgan fingerprint density at radius 2 is 1.50 bits per heavy atom. The molecule has 2 heterocycles. The molecule has 1 aliphatic carbocycles. The average molecular weight is 252 g/mol. The summed E-state index contributed by atoms with van der Waals surface area (Å²) in [5, 5.41) is 0. The van der Waals surface area contributed by atoms with Crippen molar-refractivity contribution in [2.24, 2.45) is 0 Å². The molecular formula is C13H20N2O3. The molecule has 0 aromatic rings. The summed E-state index contributed by atoms with van der Waals surface area (Å²) in [4.78, 5) is 16.7. The molecule has 2 fully saturated rings. The first kappa shape index (κ1) is 12.3. The van der Waals surface area contributed by atoms with E-state index in [9.17, 15) is 4.79 Å². The van der Waals surface area contributed by atoms with Crippen molar-refractivity contribution < 1.29 is 14.3 Å². The van der Waals surface area contributed by atoms with Gasteiger partial charge in [-0.3, -0.25) is 14.6 Å². The van der Waals surface area contributed by atoms with E-state index >= 15 is 0 Å². The highest BCUT2D eigenvalue weighted by atomic mass is 16.5. The molecule has 3 aliphatic rings. The van der Waals surface area contributed by atoms with E-state index < -0.39 is 0 Å². The molecule has 5 heteroatoms. The fourth-order valence-corrected chi connectivity index (χ4v) is 3.01. The summed E-state index contributed by atoms with van der Waals surface area (Å²) in [5.41, 5.74) is 0. The van der Waals surface area contributed by atoms with Crippen molar-refractivity contribution in [2.45, 2.75) is 12.1 Å². The van der Waals surface area contributed by atoms with E-state index in [-0.39, 0.29) is 17.9 Å². The monoisotopic (exact) mass is 252 g/mol. The van der Waals surface area contributed by atoms with Crippen molar-refractivity contribution in [2.75, 3.05) is 52.6 Å². The van der Waals surface area contributed by atoms with Gasteiger partial charge in [0.05, 0.1) is 38.5 Å². The molecule has 3 rings (SSSR count). The number of rotatable bonds is 2. The fraction of sp³-hybridized carbons (Fsp3) is 0.769. The zero-order valence-corrected chi connectivity index (χ0v) is 10.6. The van der Waals surface area contributed by atoms with Crippen LogP contribution in [-0.2, 0) is 14.3 Å². The molecule has 0 saturated carbocycles. The smallest absolute Gasteiger partial charge is 0.174 e. The fourth-order valence-electron chi connectivity index (χ4n) is 3.01. The molecule has 0 aromatic carbocycles. The molecule has 0 N–H and O–H groups in total. The van der Waals surface area contributed by atoms with Crippen molar-refractivity contribution in [1.29, 1.82) is 0 Å². The summed E-state index contributed by atoms with van der Waals surface area (Å²) in [7, 11) is 0. The highest BCUT2D eigenvalue weighted by molar-refractivity contribution is 5.98. The van der Waals surface area contributed by atoms with Gasteiger partial charge < -0.3 is 9.47 Å². The van der Waals surface area contributed by atoms with Gasteiger partial charge in [-0.15, -0.1) is 0 Å². The standard InChI is InChI=1S/C13H20N2O3/c16-12-2-1-11(14-3-7-17-8-4-14)13(12)15-5-9-18-10-6-15/h1-2,11,13H,3-10H2/t11-,13+/m0/s1. The quantitative estimate of drug-likeness (QED) is 0.664. The van der Waals surface area contributed by atoms with Gasteiger partial charge in [0.2, 0.25) is 0 Å². The lowest BCUT2D eigenvalue weighted by Crippen LogP contribution is -2.56. The maximum atomic E-state index is 12.1. The molecule has 0 spiro atoms. The number of ketones is 1. The zero-order valence-electron chi connectivity index (χ0n) is 10.6. The van der Waals surface area contributed by atoms with E-state index in [0.717, 1.165) is 52.6 Å². The molecule has 2 saturated heterocycles. The second kappa shape index (κ2) is 5.48. The lowest BCUT2D eigenvalue weighted by atomic mass is 10.1. The largest absolute Gasteiger partial charge is 0.379 e. The first-order chi connectivity index (χ1) is 8.86. The van der Waals surface area contributed by atoms with E-state index in [4.69, 9.17) is 9.47 Å². The Balaban J connectivity index is 1.71. The Hall–Kier alpha value is -0.750. The Morgan fingerprint density at radius 3 is 2.11 bits per heavy atom. The van der Waals surface area contributed by atoms with E-state index in [0.29, 0.717) is 0 Å². The number of ether oxygens (including phenoxy) is 2. The number of carbonyl (C=O) groups is 1. The predicted molar refractivity (Wildman–Crippen MR) is 66.5 cm³/mol. The molecule has 0 bridgehead atoms. The van der Waals surface area contributed by atoms with Gasteiger partial charge in [-0.2, -0.15) is 0 Å². The van der Waals surface area contributed by atoms with Crippen LogP contribution in [0.2, 0.25) is 0 Å². The van der Waals surface area contributed by atoms with Crippen LogP contribution in [0.25, 0.3) is 0 Å². The topological polar surface area (TPSA) is 42.0 Å². The van der Waals surface area contributed by atoms with Gasteiger partial charge in [-0.25, -0.2) is 0 Å². The van der Waals surface area contributed by atoms with Crippen LogP contribution in [-0.4, -0.2) is 80.3 Å². The molecule has 0 unspecified atom stereocenters. The summed E-state index contributed by atoms with van der Waals surface area (Å²) >= 11 is 0. The minimum Gasteiger partial charge on any atom is -0.379 e. The summed E-state index contributed by atoms with van der Waals surface area (Å²) in [6.07, 6.45) is 3.81. The molecule has 0 amide bonds. The first-order valence-electron chi connectivity index (χ1n) is 6.72. The van der Waals surface area contributed by atoms with E-state index in [1.807, 2.05) is 0 Å². The minimum atomic E-state index is -0.00741. The molecule has 2 aliphatic heterocycles. The number of carbonyl (C=O) groups excluding carboxylic acids is 1. The van der Waals surface area contributed by atoms with Crippen molar-refractivity contribution in [3.63, 3.8) is 0 Å². The first-order valence-corrected chi connectivity index (χ1v) is 6.72. The maximum Gasteiger partial charge on any atom is 0.174 e. The summed E-state index contributed by atoms with van der Waals surface area (Å²) in [5.74, 6) is 0.244. The minimum absolute atomic E-state index is 0.00741. The molecule has 100 valence electrons. The van der Waals surface area contributed by atoms with Crippen LogP contribution >= 0.6 is 0 Å². The van der Waals surface area contributed by atoms with Crippen LogP contribution in [0.15, 0.2) is 12.2 Å². The highest BCUT2D eigenvalue weighted by Gasteiger charge is 2.39. The second-order valence-corrected chi connectivity index (χ2v) is 4.99. The SMILES string of the molecule is O=C1C=C[C@H](N2CCOCC2)[C@H]1N1CCOCC1. The molecule has 5 nitrogen and oxygen atoms in total. The molecule has 18 heavy (non-hydrogen) atoms. The number of nitrogens with zero attached hydrogens (tertiary/aromatic N) is 2. The van der Waals surface area contributed by atoms with Crippen molar-refractivity contribution in [1.82, 2.24) is 9.80 Å². The van der Waals surface area contributed by atoms with Gasteiger partial charge in [0, 0.05) is 26.2 Å². The third-order valence-corrected chi connectivity index (χ3v) is 3.98. The zero-order chi connectivity index (χ0) is 12.4. The summed E-state index contributed by atoms with van der Waals surface area (Å²) < 4.78 is 10.8. The van der Waals surface area contributed by atoms with Crippen LogP contribution in [0, 0.1) is 0 Å². The van der Waals surface area contributed by atoms with Crippen LogP contribution in [0.5, 0.6) is 0 Å². The van der Waals surface area contributed by atoms with Crippen molar-refractivity contribution in [3.05, 3.63) is 12.2 Å². The van der Waals surface area contributed by atoms with Crippen LogP contribution in [0.1, 0.15) is 0 Å². The van der Waals surface area contributed by atoms with E-state index in [1.54, 1.807) is 6.08 Å². The average Bonchev–Trinajstić information content (AvgIpc) is 2.83. The summed E-state index contributed by atoms with van der Waals surface area (Å²) in [6.45, 7) is 6.58. The molecule has 0 aromatic heterocycles. The van der Waals surface area contributed by atoms with Gasteiger partial charge in [0.25, 0.3) is 0 Å². The van der Waals surface area contributed by atoms with Gasteiger partial charge >= 0.3 is 0 Å². The Labute approximate surface area is 107 Å². The Kier molecular flexibility index (Phi) is 3.75. The normalized spacial score (nSPS) is 35.2. The predicted octanol–water partition coefficient (Wildman–Crippen LogP) is -0.473. The molecule has 2 atom stereocenters.